The van der Waals surface area contributed by atoms with Crippen molar-refractivity contribution in [2.24, 2.45) is 0 Å². The van der Waals surface area contributed by atoms with Crippen LogP contribution in [0.3, 0.4) is 0 Å². The highest BCUT2D eigenvalue weighted by atomic mass is 35.5. The van der Waals surface area contributed by atoms with Crippen LogP contribution in [0.5, 0.6) is 11.5 Å². The number of fused-ring (bicyclic) bond motifs is 1. The van der Waals surface area contributed by atoms with Gasteiger partial charge in [-0.3, -0.25) is 0 Å². The first-order valence-electron chi connectivity index (χ1n) is 5.18. The summed E-state index contributed by atoms with van der Waals surface area (Å²) in [5.41, 5.74) is 7.20. The minimum Gasteiger partial charge on any atom is -0.455 e. The Kier molecular flexibility index (Phi) is 2.53. The summed E-state index contributed by atoms with van der Waals surface area (Å²) in [5, 5.41) is 8.09. The number of aromatic nitrogens is 2. The molecule has 0 spiro atoms. The lowest BCUT2D eigenvalue weighted by Gasteiger charge is -2.06. The minimum absolute atomic E-state index is 0.481. The summed E-state index contributed by atoms with van der Waals surface area (Å²) in [6.07, 6.45) is 0. The summed E-state index contributed by atoms with van der Waals surface area (Å²) in [4.78, 5) is 0. The van der Waals surface area contributed by atoms with Crippen LogP contribution in [-0.2, 0) is 0 Å². The molecule has 0 saturated carbocycles. The van der Waals surface area contributed by atoms with Crippen molar-refractivity contribution < 1.29 is 9.37 Å². The summed E-state index contributed by atoms with van der Waals surface area (Å²) < 4.78 is 10.3. The third-order valence-electron chi connectivity index (χ3n) is 2.43. The van der Waals surface area contributed by atoms with Crippen LogP contribution in [0.2, 0.25) is 5.02 Å². The van der Waals surface area contributed by atoms with Crippen LogP contribution < -0.4 is 10.5 Å². The van der Waals surface area contributed by atoms with Crippen molar-refractivity contribution in [1.29, 1.82) is 0 Å². The molecular formula is C12H8ClN3O2. The van der Waals surface area contributed by atoms with E-state index in [1.807, 2.05) is 0 Å². The quantitative estimate of drug-likeness (QED) is 0.717. The Hall–Kier alpha value is -2.27. The van der Waals surface area contributed by atoms with Gasteiger partial charge in [0, 0.05) is 5.02 Å². The third-order valence-corrected chi connectivity index (χ3v) is 2.67. The number of hydrogen-bond donors (Lipinski definition) is 1. The van der Waals surface area contributed by atoms with Gasteiger partial charge in [-0.05, 0) is 40.6 Å². The van der Waals surface area contributed by atoms with E-state index in [0.29, 0.717) is 33.2 Å². The maximum absolute atomic E-state index is 5.89. The molecule has 0 atom stereocenters. The summed E-state index contributed by atoms with van der Waals surface area (Å²) in [7, 11) is 0. The summed E-state index contributed by atoms with van der Waals surface area (Å²) in [6.45, 7) is 0. The van der Waals surface area contributed by atoms with Gasteiger partial charge in [0.25, 0.3) is 0 Å². The van der Waals surface area contributed by atoms with Gasteiger partial charge >= 0.3 is 0 Å². The van der Waals surface area contributed by atoms with Crippen LogP contribution in [-0.4, -0.2) is 10.3 Å². The zero-order valence-corrected chi connectivity index (χ0v) is 9.89. The van der Waals surface area contributed by atoms with E-state index in [-0.39, 0.29) is 0 Å². The van der Waals surface area contributed by atoms with Gasteiger partial charge < -0.3 is 10.5 Å². The Morgan fingerprint density at radius 1 is 1.11 bits per heavy atom. The molecular weight excluding hydrogens is 254 g/mol. The number of anilines is 1. The van der Waals surface area contributed by atoms with E-state index in [9.17, 15) is 0 Å². The molecule has 18 heavy (non-hydrogen) atoms. The lowest BCUT2D eigenvalue weighted by Crippen LogP contribution is -1.90. The van der Waals surface area contributed by atoms with E-state index in [0.717, 1.165) is 0 Å². The molecule has 90 valence electrons. The fourth-order valence-electron chi connectivity index (χ4n) is 1.60. The molecule has 0 aliphatic carbocycles. The van der Waals surface area contributed by atoms with E-state index >= 15 is 0 Å². The van der Waals surface area contributed by atoms with Crippen LogP contribution in [0.15, 0.2) is 41.0 Å². The van der Waals surface area contributed by atoms with Gasteiger partial charge in [0.2, 0.25) is 0 Å². The molecule has 1 heterocycles. The van der Waals surface area contributed by atoms with Gasteiger partial charge in [-0.1, -0.05) is 17.7 Å². The van der Waals surface area contributed by atoms with E-state index < -0.39 is 0 Å². The molecule has 0 fully saturated rings. The van der Waals surface area contributed by atoms with Gasteiger partial charge in [-0.2, -0.15) is 0 Å². The fourth-order valence-corrected chi connectivity index (χ4v) is 1.78. The van der Waals surface area contributed by atoms with Crippen LogP contribution in [0, 0.1) is 0 Å². The molecule has 0 aliphatic heterocycles. The number of nitrogen functional groups attached to an aromatic ring is 1. The minimum atomic E-state index is 0.481. The highest BCUT2D eigenvalue weighted by Crippen LogP contribution is 2.31. The summed E-state index contributed by atoms with van der Waals surface area (Å²) in [6, 6.07) is 10.5. The molecule has 0 aliphatic rings. The van der Waals surface area contributed by atoms with Crippen molar-refractivity contribution in [3.8, 4) is 11.5 Å². The number of hydrogen-bond acceptors (Lipinski definition) is 5. The second-order valence-corrected chi connectivity index (χ2v) is 4.11. The second kappa shape index (κ2) is 4.19. The zero-order valence-electron chi connectivity index (χ0n) is 9.13. The molecule has 2 aromatic carbocycles. The Morgan fingerprint density at radius 2 is 1.94 bits per heavy atom. The second-order valence-electron chi connectivity index (χ2n) is 3.67. The number of nitrogens with zero attached hydrogens (tertiary/aromatic N) is 2. The van der Waals surface area contributed by atoms with Crippen molar-refractivity contribution in [3.63, 3.8) is 0 Å². The van der Waals surface area contributed by atoms with Crippen LogP contribution in [0.25, 0.3) is 11.0 Å². The number of halogens is 1. The smallest absolute Gasteiger partial charge is 0.179 e. The zero-order chi connectivity index (χ0) is 12.5. The normalized spacial score (nSPS) is 10.7. The maximum Gasteiger partial charge on any atom is 0.179 e. The van der Waals surface area contributed by atoms with Crippen LogP contribution in [0.4, 0.5) is 5.69 Å². The van der Waals surface area contributed by atoms with Gasteiger partial charge in [-0.15, -0.1) is 0 Å². The van der Waals surface area contributed by atoms with E-state index in [1.165, 1.54) is 0 Å². The Labute approximate surface area is 107 Å². The van der Waals surface area contributed by atoms with Crippen LogP contribution in [0.1, 0.15) is 0 Å². The lowest BCUT2D eigenvalue weighted by molar-refractivity contribution is 0.314. The first-order chi connectivity index (χ1) is 8.74. The van der Waals surface area contributed by atoms with Crippen molar-refractivity contribution in [3.05, 3.63) is 41.4 Å². The standard InChI is InChI=1S/C12H8ClN3O2/c13-7-2-1-3-8(6-7)17-10-5-4-9(14)11-12(10)16-18-15-11/h1-6H,14H2. The number of benzene rings is 2. The van der Waals surface area contributed by atoms with E-state index in [1.54, 1.807) is 36.4 Å². The van der Waals surface area contributed by atoms with Crippen molar-refractivity contribution in [2.45, 2.75) is 0 Å². The molecule has 1 aromatic heterocycles. The molecule has 3 aromatic rings. The fraction of sp³-hybridized carbons (Fsp3) is 0. The molecule has 0 radical (unpaired) electrons. The van der Waals surface area contributed by atoms with Crippen LogP contribution >= 0.6 is 11.6 Å². The molecule has 2 N–H and O–H groups in total. The topological polar surface area (TPSA) is 74.2 Å². The number of rotatable bonds is 2. The highest BCUT2D eigenvalue weighted by molar-refractivity contribution is 6.30. The average molecular weight is 262 g/mol. The molecule has 0 saturated heterocycles. The Morgan fingerprint density at radius 3 is 2.78 bits per heavy atom. The van der Waals surface area contributed by atoms with Gasteiger partial charge in [-0.25, -0.2) is 4.63 Å². The molecule has 0 bridgehead atoms. The van der Waals surface area contributed by atoms with Crippen molar-refractivity contribution in [1.82, 2.24) is 10.3 Å². The maximum atomic E-state index is 5.89. The predicted molar refractivity (Wildman–Crippen MR) is 67.7 cm³/mol. The third kappa shape index (κ3) is 1.84. The average Bonchev–Trinajstić information content (AvgIpc) is 2.83. The van der Waals surface area contributed by atoms with Gasteiger partial charge in [0.1, 0.15) is 5.75 Å². The monoisotopic (exact) mass is 261 g/mol. The number of ether oxygens (including phenoxy) is 1. The number of nitrogens with two attached hydrogens (primary N) is 1. The molecule has 0 amide bonds. The Bertz CT molecular complexity index is 711. The van der Waals surface area contributed by atoms with Gasteiger partial charge in [0.15, 0.2) is 16.8 Å². The predicted octanol–water partition coefficient (Wildman–Crippen LogP) is 3.25. The van der Waals surface area contributed by atoms with E-state index in [4.69, 9.17) is 22.1 Å². The molecule has 6 heteroatoms. The SMILES string of the molecule is Nc1ccc(Oc2cccc(Cl)c2)c2nonc12. The van der Waals surface area contributed by atoms with Crippen molar-refractivity contribution in [2.75, 3.05) is 5.73 Å². The molecule has 3 rings (SSSR count). The first-order valence-corrected chi connectivity index (χ1v) is 5.56. The largest absolute Gasteiger partial charge is 0.455 e. The van der Waals surface area contributed by atoms with Crippen molar-refractivity contribution >= 4 is 28.3 Å². The molecule has 0 unspecified atom stereocenters. The molecule has 5 nitrogen and oxygen atoms in total. The summed E-state index contributed by atoms with van der Waals surface area (Å²) in [5.74, 6) is 1.12. The van der Waals surface area contributed by atoms with E-state index in [2.05, 4.69) is 14.9 Å². The lowest BCUT2D eigenvalue weighted by atomic mass is 10.2. The summed E-state index contributed by atoms with van der Waals surface area (Å²) >= 11 is 5.89. The first kappa shape index (κ1) is 10.9. The highest BCUT2D eigenvalue weighted by Gasteiger charge is 2.11. The Balaban J connectivity index is 2.05. The van der Waals surface area contributed by atoms with Gasteiger partial charge in [0.05, 0.1) is 5.69 Å².